The summed E-state index contributed by atoms with van der Waals surface area (Å²) in [6.07, 6.45) is 3.66. The van der Waals surface area contributed by atoms with Crippen LogP contribution in [0.5, 0.6) is 0 Å². The molecule has 0 aliphatic carbocycles. The van der Waals surface area contributed by atoms with E-state index in [1.165, 1.54) is 19.3 Å². The van der Waals surface area contributed by atoms with Gasteiger partial charge in [-0.3, -0.25) is 4.90 Å². The second-order valence-corrected chi connectivity index (χ2v) is 7.70. The molecule has 1 atom stereocenters. The number of hydrogen-bond acceptors (Lipinski definition) is 6. The van der Waals surface area contributed by atoms with E-state index in [1.54, 1.807) is 6.92 Å². The highest BCUT2D eigenvalue weighted by molar-refractivity contribution is 5.95. The van der Waals surface area contributed by atoms with Gasteiger partial charge < -0.3 is 14.9 Å². The van der Waals surface area contributed by atoms with Gasteiger partial charge in [-0.05, 0) is 45.3 Å². The number of allylic oxidation sites excluding steroid dienone is 3. The highest BCUT2D eigenvalue weighted by Gasteiger charge is 2.36. The average Bonchev–Trinajstić information content (AvgIpc) is 3.16. The molecule has 7 heteroatoms. The van der Waals surface area contributed by atoms with Crippen LogP contribution in [0.2, 0.25) is 0 Å². The van der Waals surface area contributed by atoms with Crippen molar-refractivity contribution in [3.8, 4) is 0 Å². The number of dihydropyridines is 1. The van der Waals surface area contributed by atoms with Crippen LogP contribution in [-0.4, -0.2) is 39.2 Å². The zero-order chi connectivity index (χ0) is 20.4. The number of aliphatic carboxylic acids is 1. The maximum atomic E-state index is 12.1. The number of benzene rings is 1. The fourth-order valence-electron chi connectivity index (χ4n) is 4.28. The SMILES string of the molecule is CC1=C(C(=O)O)C(c2ccccc2)C(c2nc(CN3CCCCC3)no2)=C(C)N1. The molecular weight excluding hydrogens is 368 g/mol. The first-order chi connectivity index (χ1) is 14.0. The van der Waals surface area contributed by atoms with E-state index in [1.807, 2.05) is 37.3 Å². The van der Waals surface area contributed by atoms with Crippen LogP contribution in [0, 0.1) is 0 Å². The van der Waals surface area contributed by atoms with Gasteiger partial charge in [0.25, 0.3) is 5.89 Å². The van der Waals surface area contributed by atoms with Crippen LogP contribution in [0.15, 0.2) is 51.8 Å². The van der Waals surface area contributed by atoms with E-state index in [2.05, 4.69) is 20.4 Å². The number of aromatic nitrogens is 2. The molecule has 1 saturated heterocycles. The van der Waals surface area contributed by atoms with Gasteiger partial charge >= 0.3 is 5.97 Å². The van der Waals surface area contributed by atoms with Gasteiger partial charge in [0.05, 0.1) is 18.0 Å². The topological polar surface area (TPSA) is 91.5 Å². The summed E-state index contributed by atoms with van der Waals surface area (Å²) in [5.74, 6) is -0.417. The van der Waals surface area contributed by atoms with Crippen molar-refractivity contribution in [2.75, 3.05) is 13.1 Å². The molecule has 2 aliphatic heterocycles. The van der Waals surface area contributed by atoms with E-state index in [0.717, 1.165) is 29.9 Å². The number of carboxylic acid groups (broad SMARTS) is 1. The van der Waals surface area contributed by atoms with Crippen LogP contribution in [0.4, 0.5) is 0 Å². The summed E-state index contributed by atoms with van der Waals surface area (Å²) in [5, 5.41) is 17.3. The number of carboxylic acids is 1. The third-order valence-electron chi connectivity index (χ3n) is 5.64. The van der Waals surface area contributed by atoms with Crippen molar-refractivity contribution < 1.29 is 14.4 Å². The Bertz CT molecular complexity index is 955. The Kier molecular flexibility index (Phi) is 5.49. The minimum Gasteiger partial charge on any atom is -0.478 e. The zero-order valence-corrected chi connectivity index (χ0v) is 16.8. The molecule has 3 heterocycles. The fourth-order valence-corrected chi connectivity index (χ4v) is 4.28. The van der Waals surface area contributed by atoms with Crippen molar-refractivity contribution in [3.63, 3.8) is 0 Å². The lowest BCUT2D eigenvalue weighted by Gasteiger charge is -2.29. The zero-order valence-electron chi connectivity index (χ0n) is 16.8. The van der Waals surface area contributed by atoms with Gasteiger partial charge in [-0.2, -0.15) is 4.98 Å². The molecule has 0 saturated carbocycles. The molecule has 2 aliphatic rings. The molecule has 2 N–H and O–H groups in total. The predicted molar refractivity (Wildman–Crippen MR) is 109 cm³/mol. The summed E-state index contributed by atoms with van der Waals surface area (Å²) in [5.41, 5.74) is 3.36. The molecule has 152 valence electrons. The van der Waals surface area contributed by atoms with Gasteiger partial charge in [0, 0.05) is 17.0 Å². The number of rotatable bonds is 5. The first-order valence-electron chi connectivity index (χ1n) is 10.1. The van der Waals surface area contributed by atoms with Crippen molar-refractivity contribution in [3.05, 3.63) is 64.6 Å². The van der Waals surface area contributed by atoms with E-state index in [9.17, 15) is 9.90 Å². The largest absolute Gasteiger partial charge is 0.478 e. The van der Waals surface area contributed by atoms with Crippen molar-refractivity contribution >= 4 is 11.5 Å². The molecule has 1 unspecified atom stereocenters. The number of nitrogens with one attached hydrogen (secondary N) is 1. The first-order valence-corrected chi connectivity index (χ1v) is 10.1. The second kappa shape index (κ2) is 8.21. The maximum Gasteiger partial charge on any atom is 0.334 e. The van der Waals surface area contributed by atoms with Crippen LogP contribution in [-0.2, 0) is 11.3 Å². The molecular formula is C22H26N4O3. The Balaban J connectivity index is 1.71. The predicted octanol–water partition coefficient (Wildman–Crippen LogP) is 3.53. The maximum absolute atomic E-state index is 12.1. The lowest BCUT2D eigenvalue weighted by atomic mass is 9.80. The van der Waals surface area contributed by atoms with Crippen LogP contribution < -0.4 is 5.32 Å². The van der Waals surface area contributed by atoms with Crippen LogP contribution in [0.1, 0.15) is 56.3 Å². The van der Waals surface area contributed by atoms with E-state index < -0.39 is 11.9 Å². The number of likely N-dealkylation sites (tertiary alicyclic amines) is 1. The van der Waals surface area contributed by atoms with Gasteiger partial charge in [0.2, 0.25) is 0 Å². The van der Waals surface area contributed by atoms with Crippen LogP contribution in [0.25, 0.3) is 5.57 Å². The lowest BCUT2D eigenvalue weighted by molar-refractivity contribution is -0.132. The van der Waals surface area contributed by atoms with E-state index >= 15 is 0 Å². The third kappa shape index (κ3) is 3.96. The van der Waals surface area contributed by atoms with Crippen molar-refractivity contribution in [2.24, 2.45) is 0 Å². The molecule has 29 heavy (non-hydrogen) atoms. The quantitative estimate of drug-likeness (QED) is 0.801. The Morgan fingerprint density at radius 1 is 1.17 bits per heavy atom. The smallest absolute Gasteiger partial charge is 0.334 e. The molecule has 1 aromatic heterocycles. The third-order valence-corrected chi connectivity index (χ3v) is 5.64. The van der Waals surface area contributed by atoms with E-state index in [-0.39, 0.29) is 0 Å². The molecule has 0 amide bonds. The molecule has 0 bridgehead atoms. The Hall–Kier alpha value is -2.93. The fraction of sp³-hybridized carbons (Fsp3) is 0.409. The van der Waals surface area contributed by atoms with Gasteiger partial charge in [0.1, 0.15) is 0 Å². The second-order valence-electron chi connectivity index (χ2n) is 7.70. The number of carbonyl (C=O) groups is 1. The summed E-state index contributed by atoms with van der Waals surface area (Å²) in [4.78, 5) is 19.1. The molecule has 7 nitrogen and oxygen atoms in total. The summed E-state index contributed by atoms with van der Waals surface area (Å²) in [7, 11) is 0. The highest BCUT2D eigenvalue weighted by Crippen LogP contribution is 2.42. The first kappa shape index (κ1) is 19.4. The van der Waals surface area contributed by atoms with Crippen LogP contribution >= 0.6 is 0 Å². The van der Waals surface area contributed by atoms with Crippen molar-refractivity contribution in [2.45, 2.75) is 45.6 Å². The molecule has 0 spiro atoms. The van der Waals surface area contributed by atoms with E-state index in [4.69, 9.17) is 4.52 Å². The number of hydrogen-bond donors (Lipinski definition) is 2. The minimum absolute atomic E-state index is 0.299. The monoisotopic (exact) mass is 394 g/mol. The normalized spacial score (nSPS) is 20.7. The Morgan fingerprint density at radius 3 is 2.59 bits per heavy atom. The Morgan fingerprint density at radius 2 is 1.90 bits per heavy atom. The highest BCUT2D eigenvalue weighted by atomic mass is 16.5. The standard InChI is InChI=1S/C22H26N4O3/c1-14-18(21-24-17(25-29-21)13-26-11-7-4-8-12-26)20(16-9-5-3-6-10-16)19(22(27)28)15(2)23-14/h3,5-6,9-10,20,23H,4,7-8,11-13H2,1-2H3,(H,27,28). The van der Waals surface area contributed by atoms with Gasteiger partial charge in [-0.1, -0.05) is 41.9 Å². The average molecular weight is 394 g/mol. The van der Waals surface area contributed by atoms with Gasteiger partial charge in [-0.25, -0.2) is 4.79 Å². The van der Waals surface area contributed by atoms with Gasteiger partial charge in [-0.15, -0.1) is 0 Å². The summed E-state index contributed by atoms with van der Waals surface area (Å²) >= 11 is 0. The minimum atomic E-state index is -0.957. The molecule has 4 rings (SSSR count). The van der Waals surface area contributed by atoms with Gasteiger partial charge in [0.15, 0.2) is 5.82 Å². The summed E-state index contributed by atoms with van der Waals surface area (Å²) in [6, 6.07) is 9.61. The number of piperidine rings is 1. The summed E-state index contributed by atoms with van der Waals surface area (Å²) < 4.78 is 5.63. The van der Waals surface area contributed by atoms with E-state index in [0.29, 0.717) is 29.5 Å². The van der Waals surface area contributed by atoms with Crippen molar-refractivity contribution in [1.29, 1.82) is 0 Å². The molecule has 1 aromatic carbocycles. The number of nitrogens with zero attached hydrogens (tertiary/aromatic N) is 3. The molecule has 1 fully saturated rings. The summed E-state index contributed by atoms with van der Waals surface area (Å²) in [6.45, 7) is 6.45. The molecule has 2 aromatic rings. The lowest BCUT2D eigenvalue weighted by Crippen LogP contribution is -2.29. The van der Waals surface area contributed by atoms with Crippen LogP contribution in [0.3, 0.4) is 0 Å². The Labute approximate surface area is 170 Å². The molecule has 0 radical (unpaired) electrons. The van der Waals surface area contributed by atoms with Crippen molar-refractivity contribution in [1.82, 2.24) is 20.4 Å².